The van der Waals surface area contributed by atoms with Crippen LogP contribution in [-0.2, 0) is 0 Å². The van der Waals surface area contributed by atoms with Crippen molar-refractivity contribution in [2.24, 2.45) is 0 Å². The van der Waals surface area contributed by atoms with E-state index in [0.29, 0.717) is 13.0 Å². The fraction of sp³-hybridized carbons (Fsp3) is 0.571. The van der Waals surface area contributed by atoms with Gasteiger partial charge in [0.2, 0.25) is 0 Å². The molecule has 12 heavy (non-hydrogen) atoms. The first-order valence-electron chi connectivity index (χ1n) is 3.83. The van der Waals surface area contributed by atoms with E-state index in [9.17, 15) is 4.39 Å². The Morgan fingerprint density at radius 3 is 3.00 bits per heavy atom. The maximum Gasteiger partial charge on any atom is 0.124 e. The van der Waals surface area contributed by atoms with Crippen LogP contribution in [0.25, 0.3) is 0 Å². The van der Waals surface area contributed by atoms with Crippen LogP contribution in [-0.4, -0.2) is 22.7 Å². The fourth-order valence-electron chi connectivity index (χ4n) is 1.39. The predicted molar refractivity (Wildman–Crippen MR) is 46.5 cm³/mol. The van der Waals surface area contributed by atoms with E-state index < -0.39 is 6.17 Å². The Hall–Kier alpha value is -0.420. The minimum atomic E-state index is -0.737. The molecule has 1 aromatic heterocycles. The highest BCUT2D eigenvalue weighted by molar-refractivity contribution is 9.10. The molecular formula is C7H9BrFN3. The van der Waals surface area contributed by atoms with Crippen LogP contribution in [0.15, 0.2) is 10.8 Å². The number of nitrogens with zero attached hydrogens (tertiary/aromatic N) is 1. The number of hydrogen-bond donors (Lipinski definition) is 2. The number of halogens is 2. The number of nitrogens with one attached hydrogen (secondary N) is 2. The molecule has 2 heterocycles. The molecule has 0 saturated carbocycles. The molecule has 0 bridgehead atoms. The molecule has 1 aliphatic rings. The first-order valence-corrected chi connectivity index (χ1v) is 4.63. The molecule has 2 atom stereocenters. The molecule has 0 amide bonds. The minimum Gasteiger partial charge on any atom is -0.335 e. The third kappa shape index (κ3) is 1.51. The maximum absolute atomic E-state index is 12.8. The Kier molecular flexibility index (Phi) is 2.14. The van der Waals surface area contributed by atoms with Crippen molar-refractivity contribution < 1.29 is 4.39 Å². The average Bonchev–Trinajstić information content (AvgIpc) is 2.58. The number of H-pyrrole nitrogens is 1. The molecule has 0 aromatic carbocycles. The normalized spacial score (nSPS) is 29.5. The Balaban J connectivity index is 2.11. The number of alkyl halides is 1. The summed E-state index contributed by atoms with van der Waals surface area (Å²) < 4.78 is 13.6. The van der Waals surface area contributed by atoms with Gasteiger partial charge in [0.15, 0.2) is 0 Å². The molecule has 66 valence electrons. The van der Waals surface area contributed by atoms with Crippen LogP contribution in [0.5, 0.6) is 0 Å². The van der Waals surface area contributed by atoms with Crippen LogP contribution < -0.4 is 5.32 Å². The van der Waals surface area contributed by atoms with Gasteiger partial charge in [-0.15, -0.1) is 0 Å². The van der Waals surface area contributed by atoms with Crippen LogP contribution >= 0.6 is 15.9 Å². The summed E-state index contributed by atoms with van der Waals surface area (Å²) in [6.45, 7) is 0.434. The van der Waals surface area contributed by atoms with Gasteiger partial charge in [0.05, 0.1) is 12.2 Å². The van der Waals surface area contributed by atoms with E-state index >= 15 is 0 Å². The first kappa shape index (κ1) is 8.19. The van der Waals surface area contributed by atoms with Gasteiger partial charge in [-0.2, -0.15) is 0 Å². The van der Waals surface area contributed by atoms with Crippen molar-refractivity contribution in [3.63, 3.8) is 0 Å². The van der Waals surface area contributed by atoms with Crippen molar-refractivity contribution in [2.75, 3.05) is 6.54 Å². The molecule has 1 saturated heterocycles. The number of aromatic amines is 1. The van der Waals surface area contributed by atoms with Crippen LogP contribution in [0.1, 0.15) is 18.3 Å². The summed E-state index contributed by atoms with van der Waals surface area (Å²) in [5.41, 5.74) is 0. The lowest BCUT2D eigenvalue weighted by atomic mass is 10.2. The summed E-state index contributed by atoms with van der Waals surface area (Å²) in [5.74, 6) is 0.807. The van der Waals surface area contributed by atoms with Crippen molar-refractivity contribution in [3.8, 4) is 0 Å². The highest BCUT2D eigenvalue weighted by Crippen LogP contribution is 2.23. The lowest BCUT2D eigenvalue weighted by Gasteiger charge is -2.04. The van der Waals surface area contributed by atoms with Crippen LogP contribution in [0, 0.1) is 0 Å². The van der Waals surface area contributed by atoms with Crippen LogP contribution in [0.4, 0.5) is 4.39 Å². The zero-order valence-electron chi connectivity index (χ0n) is 6.35. The van der Waals surface area contributed by atoms with Crippen molar-refractivity contribution in [1.82, 2.24) is 15.3 Å². The van der Waals surface area contributed by atoms with E-state index in [2.05, 4.69) is 31.2 Å². The topological polar surface area (TPSA) is 40.7 Å². The number of imidazole rings is 1. The highest BCUT2D eigenvalue weighted by Gasteiger charge is 2.26. The molecule has 2 N–H and O–H groups in total. The molecule has 5 heteroatoms. The SMILES string of the molecule is FC1CNC(c2ncc(Br)[nH]2)C1. The third-order valence-corrected chi connectivity index (χ3v) is 2.37. The van der Waals surface area contributed by atoms with Gasteiger partial charge in [-0.25, -0.2) is 9.37 Å². The smallest absolute Gasteiger partial charge is 0.124 e. The first-order chi connectivity index (χ1) is 5.75. The van der Waals surface area contributed by atoms with Gasteiger partial charge in [-0.05, 0) is 15.9 Å². The summed E-state index contributed by atoms with van der Waals surface area (Å²) in [4.78, 5) is 7.12. The van der Waals surface area contributed by atoms with E-state index in [1.807, 2.05) is 0 Å². The second-order valence-electron chi connectivity index (χ2n) is 2.91. The van der Waals surface area contributed by atoms with Gasteiger partial charge in [-0.3, -0.25) is 0 Å². The van der Waals surface area contributed by atoms with E-state index in [1.165, 1.54) is 0 Å². The Bertz CT molecular complexity index is 275. The van der Waals surface area contributed by atoms with Gasteiger partial charge in [0.25, 0.3) is 0 Å². The number of rotatable bonds is 1. The third-order valence-electron chi connectivity index (χ3n) is 1.97. The van der Waals surface area contributed by atoms with Crippen LogP contribution in [0.2, 0.25) is 0 Å². The zero-order chi connectivity index (χ0) is 8.55. The quantitative estimate of drug-likeness (QED) is 0.773. The van der Waals surface area contributed by atoms with Crippen LogP contribution in [0.3, 0.4) is 0 Å². The Morgan fingerprint density at radius 2 is 2.50 bits per heavy atom. The summed E-state index contributed by atoms with van der Waals surface area (Å²) in [6.07, 6.45) is 1.46. The summed E-state index contributed by atoms with van der Waals surface area (Å²) >= 11 is 3.25. The standard InChI is InChI=1S/C7H9BrFN3/c8-6-3-11-7(12-6)5-1-4(9)2-10-5/h3-5,10H,1-2H2,(H,11,12). The monoisotopic (exact) mass is 233 g/mol. The van der Waals surface area contributed by atoms with Gasteiger partial charge in [0, 0.05) is 13.0 Å². The largest absolute Gasteiger partial charge is 0.335 e. The highest BCUT2D eigenvalue weighted by atomic mass is 79.9. The van der Waals surface area contributed by atoms with Crippen molar-refractivity contribution in [2.45, 2.75) is 18.6 Å². The summed E-state index contributed by atoms with van der Waals surface area (Å²) in [7, 11) is 0. The van der Waals surface area contributed by atoms with Crippen molar-refractivity contribution in [3.05, 3.63) is 16.6 Å². The van der Waals surface area contributed by atoms with E-state index in [4.69, 9.17) is 0 Å². The molecular weight excluding hydrogens is 225 g/mol. The zero-order valence-corrected chi connectivity index (χ0v) is 7.94. The van der Waals surface area contributed by atoms with E-state index in [0.717, 1.165) is 10.4 Å². The molecule has 1 aliphatic heterocycles. The molecule has 1 fully saturated rings. The molecule has 2 rings (SSSR count). The second-order valence-corrected chi connectivity index (χ2v) is 3.76. The lowest BCUT2D eigenvalue weighted by Crippen LogP contribution is -2.14. The average molecular weight is 234 g/mol. The maximum atomic E-state index is 12.8. The number of aromatic nitrogens is 2. The fourth-order valence-corrected chi connectivity index (χ4v) is 1.70. The molecule has 1 aromatic rings. The summed E-state index contributed by atoms with van der Waals surface area (Å²) in [5, 5.41) is 3.05. The van der Waals surface area contributed by atoms with Crippen molar-refractivity contribution in [1.29, 1.82) is 0 Å². The van der Waals surface area contributed by atoms with E-state index in [-0.39, 0.29) is 6.04 Å². The molecule has 3 nitrogen and oxygen atoms in total. The Morgan fingerprint density at radius 1 is 1.67 bits per heavy atom. The summed E-state index contributed by atoms with van der Waals surface area (Å²) in [6, 6.07) is 0.0475. The van der Waals surface area contributed by atoms with E-state index in [1.54, 1.807) is 6.20 Å². The molecule has 0 spiro atoms. The van der Waals surface area contributed by atoms with Gasteiger partial charge in [0.1, 0.15) is 16.6 Å². The molecule has 0 aliphatic carbocycles. The van der Waals surface area contributed by atoms with Crippen molar-refractivity contribution >= 4 is 15.9 Å². The van der Waals surface area contributed by atoms with Gasteiger partial charge >= 0.3 is 0 Å². The lowest BCUT2D eigenvalue weighted by molar-refractivity contribution is 0.355. The Labute approximate surface area is 77.9 Å². The van der Waals surface area contributed by atoms with Gasteiger partial charge in [-0.1, -0.05) is 0 Å². The molecule has 2 unspecified atom stereocenters. The van der Waals surface area contributed by atoms with Gasteiger partial charge < -0.3 is 10.3 Å². The predicted octanol–water partition coefficient (Wildman–Crippen LogP) is 1.54. The number of hydrogen-bond acceptors (Lipinski definition) is 2. The second kappa shape index (κ2) is 3.14. The minimum absolute atomic E-state index is 0.0475. The molecule has 0 radical (unpaired) electrons.